The third kappa shape index (κ3) is 7.38. The van der Waals surface area contributed by atoms with Crippen LogP contribution in [-0.2, 0) is 14.1 Å². The second-order valence-corrected chi connectivity index (χ2v) is 12.5. The van der Waals surface area contributed by atoms with E-state index in [1.165, 1.54) is 12.2 Å². The average Bonchev–Trinajstić information content (AvgIpc) is 2.46. The second-order valence-electron chi connectivity index (χ2n) is 7.39. The molecular weight excluding hydrogens is 374 g/mol. The quantitative estimate of drug-likeness (QED) is 0.257. The molecule has 4 nitrogen and oxygen atoms in total. The van der Waals surface area contributed by atoms with E-state index in [1.54, 1.807) is 7.05 Å². The minimum Gasteiger partial charge on any atom is -0.413 e. The molecule has 0 aromatic heterocycles. The molecule has 0 bridgehead atoms. The van der Waals surface area contributed by atoms with Crippen molar-refractivity contribution in [3.8, 4) is 10.8 Å². The summed E-state index contributed by atoms with van der Waals surface area (Å²) in [5.74, 6) is 2.70. The normalized spacial score (nSPS) is 14.7. The zero-order chi connectivity index (χ0) is 18.3. The van der Waals surface area contributed by atoms with Gasteiger partial charge in [-0.15, -0.1) is 0 Å². The number of halogens is 1. The van der Waals surface area contributed by atoms with Gasteiger partial charge in [-0.1, -0.05) is 33.6 Å². The lowest BCUT2D eigenvalue weighted by Crippen LogP contribution is -2.48. The van der Waals surface area contributed by atoms with E-state index in [1.807, 2.05) is 6.92 Å². The van der Waals surface area contributed by atoms with Crippen LogP contribution < -0.4 is 0 Å². The first kappa shape index (κ1) is 22.6. The molecule has 0 heterocycles. The summed E-state index contributed by atoms with van der Waals surface area (Å²) in [6.07, 6.45) is 2.41. The van der Waals surface area contributed by atoms with Gasteiger partial charge >= 0.3 is 0 Å². The summed E-state index contributed by atoms with van der Waals surface area (Å²) in [5, 5.41) is 1.39. The maximum absolute atomic E-state index is 12.4. The second kappa shape index (κ2) is 9.82. The fraction of sp³-hybridized carbons (Fsp3) is 0.824. The standard InChI is InChI=1S/C17H32BrNO3Si/c1-14(16(20)19(5)21-6)15(12-10-9-11-13-18)22-23(7,8)17(2,3)4/h14-15H,9-10,12H2,1-8H3/t14-,15+/m0/s1. The summed E-state index contributed by atoms with van der Waals surface area (Å²) in [6, 6.07) is 0. The Hall–Kier alpha value is -0.353. The molecule has 0 aromatic carbocycles. The van der Waals surface area contributed by atoms with Gasteiger partial charge < -0.3 is 4.43 Å². The molecule has 23 heavy (non-hydrogen) atoms. The van der Waals surface area contributed by atoms with E-state index in [4.69, 9.17) is 9.26 Å². The fourth-order valence-corrected chi connectivity index (χ4v) is 3.57. The first-order valence-electron chi connectivity index (χ1n) is 8.06. The fourth-order valence-electron chi connectivity index (χ4n) is 1.94. The van der Waals surface area contributed by atoms with Crippen LogP contribution in [0.5, 0.6) is 0 Å². The number of rotatable bonds is 8. The van der Waals surface area contributed by atoms with Crippen molar-refractivity contribution in [2.75, 3.05) is 14.2 Å². The number of amides is 1. The number of hydrogen-bond acceptors (Lipinski definition) is 3. The van der Waals surface area contributed by atoms with Crippen molar-refractivity contribution in [2.45, 2.75) is 71.2 Å². The highest BCUT2D eigenvalue weighted by molar-refractivity contribution is 9.12. The lowest BCUT2D eigenvalue weighted by Gasteiger charge is -2.41. The molecule has 0 spiro atoms. The van der Waals surface area contributed by atoms with Gasteiger partial charge in [-0.05, 0) is 35.8 Å². The van der Waals surface area contributed by atoms with Crippen LogP contribution in [0, 0.1) is 16.7 Å². The lowest BCUT2D eigenvalue weighted by atomic mass is 9.99. The topological polar surface area (TPSA) is 38.8 Å². The predicted octanol–water partition coefficient (Wildman–Crippen LogP) is 4.56. The summed E-state index contributed by atoms with van der Waals surface area (Å²) < 4.78 is 6.54. The molecule has 134 valence electrons. The van der Waals surface area contributed by atoms with E-state index >= 15 is 0 Å². The third-order valence-corrected chi connectivity index (χ3v) is 9.43. The number of hydrogen-bond donors (Lipinski definition) is 0. The summed E-state index contributed by atoms with van der Waals surface area (Å²) in [4.78, 5) is 20.2. The van der Waals surface area contributed by atoms with Crippen LogP contribution in [0.4, 0.5) is 0 Å². The molecule has 0 saturated heterocycles. The molecule has 0 saturated carbocycles. The van der Waals surface area contributed by atoms with Crippen LogP contribution >= 0.6 is 15.9 Å². The molecule has 0 aliphatic rings. The molecule has 0 rings (SSSR count). The Kier molecular flexibility index (Phi) is 9.67. The van der Waals surface area contributed by atoms with Crippen LogP contribution in [-0.4, -0.2) is 39.5 Å². The van der Waals surface area contributed by atoms with E-state index in [-0.39, 0.29) is 23.0 Å². The van der Waals surface area contributed by atoms with E-state index in [9.17, 15) is 4.79 Å². The Morgan fingerprint density at radius 2 is 1.91 bits per heavy atom. The molecule has 0 aliphatic carbocycles. The van der Waals surface area contributed by atoms with Gasteiger partial charge in [0.2, 0.25) is 0 Å². The zero-order valence-corrected chi connectivity index (χ0v) is 18.4. The molecule has 2 atom stereocenters. The molecule has 0 radical (unpaired) electrons. The van der Waals surface area contributed by atoms with Gasteiger partial charge in [0.25, 0.3) is 5.91 Å². The van der Waals surface area contributed by atoms with Crippen LogP contribution in [0.2, 0.25) is 18.1 Å². The van der Waals surface area contributed by atoms with Gasteiger partial charge in [-0.3, -0.25) is 9.63 Å². The van der Waals surface area contributed by atoms with Crippen molar-refractivity contribution in [3.05, 3.63) is 0 Å². The molecular formula is C17H32BrNO3Si. The molecule has 6 heteroatoms. The van der Waals surface area contributed by atoms with Crippen LogP contribution in [0.1, 0.15) is 47.0 Å². The summed E-state index contributed by atoms with van der Waals surface area (Å²) >= 11 is 3.11. The number of carbonyl (C=O) groups is 1. The van der Waals surface area contributed by atoms with Gasteiger partial charge in [0.15, 0.2) is 8.32 Å². The Balaban J connectivity index is 5.13. The van der Waals surface area contributed by atoms with Gasteiger partial charge in [-0.2, -0.15) is 0 Å². The summed E-state index contributed by atoms with van der Waals surface area (Å²) in [6.45, 7) is 13.0. The largest absolute Gasteiger partial charge is 0.413 e. The highest BCUT2D eigenvalue weighted by atomic mass is 79.9. The third-order valence-electron chi connectivity index (χ3n) is 4.64. The SMILES string of the molecule is CON(C)C(=O)[C@@H](C)[C@@H](CCCC#CBr)O[Si](C)(C)C(C)(C)C. The van der Waals surface area contributed by atoms with Gasteiger partial charge in [0.1, 0.15) is 0 Å². The Labute approximate surface area is 151 Å². The smallest absolute Gasteiger partial charge is 0.251 e. The molecule has 0 N–H and O–H groups in total. The maximum Gasteiger partial charge on any atom is 0.251 e. The molecule has 0 fully saturated rings. The predicted molar refractivity (Wildman–Crippen MR) is 102 cm³/mol. The first-order chi connectivity index (χ1) is 10.5. The van der Waals surface area contributed by atoms with Crippen molar-refractivity contribution in [1.29, 1.82) is 0 Å². The first-order valence-corrected chi connectivity index (χ1v) is 11.8. The van der Waals surface area contributed by atoms with Crippen LogP contribution in [0.25, 0.3) is 0 Å². The molecule has 0 aliphatic heterocycles. The molecule has 0 unspecified atom stereocenters. The van der Waals surface area contributed by atoms with Gasteiger partial charge in [0.05, 0.1) is 19.1 Å². The van der Waals surface area contributed by atoms with Crippen molar-refractivity contribution in [2.24, 2.45) is 5.92 Å². The van der Waals surface area contributed by atoms with Gasteiger partial charge in [-0.25, -0.2) is 5.06 Å². The Morgan fingerprint density at radius 1 is 1.35 bits per heavy atom. The highest BCUT2D eigenvalue weighted by Gasteiger charge is 2.41. The Bertz CT molecular complexity index is 437. The van der Waals surface area contributed by atoms with Crippen molar-refractivity contribution >= 4 is 30.2 Å². The van der Waals surface area contributed by atoms with E-state index in [2.05, 4.69) is 60.5 Å². The zero-order valence-electron chi connectivity index (χ0n) is 15.8. The van der Waals surface area contributed by atoms with E-state index in [0.29, 0.717) is 0 Å². The summed E-state index contributed by atoms with van der Waals surface area (Å²) in [5.41, 5.74) is 0. The minimum atomic E-state index is -1.95. The van der Waals surface area contributed by atoms with Crippen LogP contribution in [0.3, 0.4) is 0 Å². The summed E-state index contributed by atoms with van der Waals surface area (Å²) in [7, 11) is 1.19. The number of nitrogens with zero attached hydrogens (tertiary/aromatic N) is 1. The molecule has 1 amide bonds. The number of hydroxylamine groups is 2. The lowest BCUT2D eigenvalue weighted by molar-refractivity contribution is -0.176. The number of unbranched alkanes of at least 4 members (excludes halogenated alkanes) is 1. The van der Waals surface area contributed by atoms with E-state index < -0.39 is 8.32 Å². The average molecular weight is 406 g/mol. The van der Waals surface area contributed by atoms with E-state index in [0.717, 1.165) is 19.3 Å². The van der Waals surface area contributed by atoms with Gasteiger partial charge in [0, 0.05) is 29.4 Å². The highest BCUT2D eigenvalue weighted by Crippen LogP contribution is 2.38. The maximum atomic E-state index is 12.4. The number of carbonyl (C=O) groups excluding carboxylic acids is 1. The monoisotopic (exact) mass is 405 g/mol. The van der Waals surface area contributed by atoms with Crippen molar-refractivity contribution in [1.82, 2.24) is 5.06 Å². The van der Waals surface area contributed by atoms with Crippen molar-refractivity contribution in [3.63, 3.8) is 0 Å². The van der Waals surface area contributed by atoms with Crippen LogP contribution in [0.15, 0.2) is 0 Å². The van der Waals surface area contributed by atoms with Crippen molar-refractivity contribution < 1.29 is 14.1 Å². The molecule has 0 aromatic rings. The minimum absolute atomic E-state index is 0.0530. The Morgan fingerprint density at radius 3 is 2.35 bits per heavy atom.